The summed E-state index contributed by atoms with van der Waals surface area (Å²) in [4.78, 5) is 15.8. The average Bonchev–Trinajstić information content (AvgIpc) is 2.93. The molecule has 110 valence electrons. The van der Waals surface area contributed by atoms with E-state index in [0.717, 1.165) is 25.1 Å². The third kappa shape index (κ3) is 2.76. The van der Waals surface area contributed by atoms with Gasteiger partial charge in [-0.3, -0.25) is 9.69 Å². The van der Waals surface area contributed by atoms with Crippen molar-refractivity contribution >= 4 is 17.1 Å². The van der Waals surface area contributed by atoms with E-state index in [9.17, 15) is 13.6 Å². The van der Waals surface area contributed by atoms with Crippen LogP contribution in [0, 0.1) is 11.6 Å². The fourth-order valence-electron chi connectivity index (χ4n) is 2.68. The molecule has 21 heavy (non-hydrogen) atoms. The van der Waals surface area contributed by atoms with E-state index in [4.69, 9.17) is 0 Å². The summed E-state index contributed by atoms with van der Waals surface area (Å²) in [7, 11) is 0. The molecule has 1 aromatic carbocycles. The van der Waals surface area contributed by atoms with Gasteiger partial charge >= 0.3 is 0 Å². The molecule has 2 heterocycles. The van der Waals surface area contributed by atoms with Crippen molar-refractivity contribution in [3.8, 4) is 0 Å². The highest BCUT2D eigenvalue weighted by Crippen LogP contribution is 2.26. The van der Waals surface area contributed by atoms with Crippen molar-refractivity contribution in [1.82, 2.24) is 4.90 Å². The molecule has 1 atom stereocenters. The smallest absolute Gasteiger partial charge is 0.182 e. The summed E-state index contributed by atoms with van der Waals surface area (Å²) in [5, 5.41) is 2.06. The Bertz CT molecular complexity index is 683. The molecule has 1 aliphatic rings. The van der Waals surface area contributed by atoms with E-state index >= 15 is 0 Å². The van der Waals surface area contributed by atoms with Gasteiger partial charge in [-0.1, -0.05) is 0 Å². The predicted octanol–water partition coefficient (Wildman–Crippen LogP) is 3.66. The normalized spacial score (nSPS) is 16.5. The van der Waals surface area contributed by atoms with Crippen LogP contribution in [0.15, 0.2) is 29.6 Å². The van der Waals surface area contributed by atoms with Crippen LogP contribution >= 0.6 is 11.3 Å². The van der Waals surface area contributed by atoms with Gasteiger partial charge in [0.2, 0.25) is 0 Å². The highest BCUT2D eigenvalue weighted by molar-refractivity contribution is 7.10. The molecule has 0 aliphatic carbocycles. The van der Waals surface area contributed by atoms with E-state index in [2.05, 4.69) is 11.4 Å². The predicted molar refractivity (Wildman–Crippen MR) is 78.6 cm³/mol. The maximum atomic E-state index is 13.7. The van der Waals surface area contributed by atoms with Crippen LogP contribution in [0.4, 0.5) is 8.78 Å². The van der Waals surface area contributed by atoms with Crippen molar-refractivity contribution in [2.75, 3.05) is 6.54 Å². The third-order valence-electron chi connectivity index (χ3n) is 3.96. The second kappa shape index (κ2) is 5.66. The van der Waals surface area contributed by atoms with Crippen LogP contribution in [0.2, 0.25) is 0 Å². The lowest BCUT2D eigenvalue weighted by Gasteiger charge is -2.31. The van der Waals surface area contributed by atoms with Gasteiger partial charge in [0.1, 0.15) is 11.6 Å². The van der Waals surface area contributed by atoms with Gasteiger partial charge in [0.05, 0.1) is 11.6 Å². The Balaban J connectivity index is 1.79. The van der Waals surface area contributed by atoms with E-state index in [1.165, 1.54) is 16.5 Å². The van der Waals surface area contributed by atoms with Gasteiger partial charge in [-0.2, -0.15) is 0 Å². The maximum Gasteiger partial charge on any atom is 0.182 e. The first-order valence-electron chi connectivity index (χ1n) is 6.85. The molecule has 1 aliphatic heterocycles. The van der Waals surface area contributed by atoms with Gasteiger partial charge in [0.25, 0.3) is 0 Å². The largest absolute Gasteiger partial charge is 0.292 e. The minimum atomic E-state index is -0.792. The molecule has 1 aromatic heterocycles. The van der Waals surface area contributed by atoms with Crippen molar-refractivity contribution < 1.29 is 13.6 Å². The standard InChI is InChI=1S/C16H15F2NOS/c1-10(16(20)13-3-2-12(17)8-14(13)18)19-6-4-15-11(9-19)5-7-21-15/h2-3,5,7-8,10H,4,6,9H2,1H3. The average molecular weight is 307 g/mol. The summed E-state index contributed by atoms with van der Waals surface area (Å²) >= 11 is 1.73. The van der Waals surface area contributed by atoms with E-state index in [1.54, 1.807) is 18.3 Å². The van der Waals surface area contributed by atoms with E-state index in [0.29, 0.717) is 6.54 Å². The molecule has 5 heteroatoms. The van der Waals surface area contributed by atoms with Gasteiger partial charge in [-0.25, -0.2) is 8.78 Å². The zero-order chi connectivity index (χ0) is 15.0. The van der Waals surface area contributed by atoms with E-state index in [1.807, 2.05) is 4.90 Å². The Morgan fingerprint density at radius 3 is 2.90 bits per heavy atom. The Kier molecular flexibility index (Phi) is 3.87. The number of carbonyl (C=O) groups excluding carboxylic acids is 1. The monoisotopic (exact) mass is 307 g/mol. The molecule has 0 radical (unpaired) electrons. The highest BCUT2D eigenvalue weighted by Gasteiger charge is 2.28. The quantitative estimate of drug-likeness (QED) is 0.807. The topological polar surface area (TPSA) is 20.3 Å². The second-order valence-corrected chi connectivity index (χ2v) is 6.25. The lowest BCUT2D eigenvalue weighted by atomic mass is 10.0. The summed E-state index contributed by atoms with van der Waals surface area (Å²) in [5.74, 6) is -1.76. The molecular formula is C16H15F2NOS. The van der Waals surface area contributed by atoms with Gasteiger partial charge in [-0.15, -0.1) is 11.3 Å². The zero-order valence-electron chi connectivity index (χ0n) is 11.6. The Labute approximate surface area is 126 Å². The number of hydrogen-bond acceptors (Lipinski definition) is 3. The van der Waals surface area contributed by atoms with Crippen molar-refractivity contribution in [1.29, 1.82) is 0 Å². The molecule has 0 N–H and O–H groups in total. The second-order valence-electron chi connectivity index (χ2n) is 5.25. The van der Waals surface area contributed by atoms with Crippen LogP contribution < -0.4 is 0 Å². The molecule has 0 spiro atoms. The Morgan fingerprint density at radius 1 is 1.33 bits per heavy atom. The minimum absolute atomic E-state index is 0.0417. The number of nitrogens with zero attached hydrogens (tertiary/aromatic N) is 1. The minimum Gasteiger partial charge on any atom is -0.292 e. The number of thiophene rings is 1. The first-order valence-corrected chi connectivity index (χ1v) is 7.73. The van der Waals surface area contributed by atoms with Crippen LogP contribution in [-0.4, -0.2) is 23.3 Å². The maximum absolute atomic E-state index is 13.7. The summed E-state index contributed by atoms with van der Waals surface area (Å²) in [6.07, 6.45) is 0.913. The lowest BCUT2D eigenvalue weighted by molar-refractivity contribution is 0.0816. The molecule has 0 fully saturated rings. The fraction of sp³-hybridized carbons (Fsp3) is 0.312. The number of ketones is 1. The molecule has 3 rings (SSSR count). The third-order valence-corrected chi connectivity index (χ3v) is 4.98. The number of hydrogen-bond donors (Lipinski definition) is 0. The van der Waals surface area contributed by atoms with Gasteiger partial charge in [0.15, 0.2) is 5.78 Å². The summed E-state index contributed by atoms with van der Waals surface area (Å²) in [6, 6.07) is 4.76. The molecular weight excluding hydrogens is 292 g/mol. The van der Waals surface area contributed by atoms with Crippen molar-refractivity contribution in [3.05, 3.63) is 57.3 Å². The van der Waals surface area contributed by atoms with Crippen molar-refractivity contribution in [2.24, 2.45) is 0 Å². The van der Waals surface area contributed by atoms with Gasteiger partial charge < -0.3 is 0 Å². The molecule has 2 aromatic rings. The lowest BCUT2D eigenvalue weighted by Crippen LogP contribution is -2.42. The van der Waals surface area contributed by atoms with E-state index in [-0.39, 0.29) is 11.3 Å². The Morgan fingerprint density at radius 2 is 2.14 bits per heavy atom. The summed E-state index contributed by atoms with van der Waals surface area (Å²) < 4.78 is 26.7. The molecule has 0 saturated carbocycles. The number of benzene rings is 1. The number of Topliss-reactive ketones (excluding diaryl/α,β-unsaturated/α-hetero) is 1. The summed E-state index contributed by atoms with van der Waals surface area (Å²) in [5.41, 5.74) is 1.20. The SMILES string of the molecule is CC(C(=O)c1ccc(F)cc1F)N1CCc2sccc2C1. The first kappa shape index (κ1) is 14.4. The van der Waals surface area contributed by atoms with Crippen molar-refractivity contribution in [2.45, 2.75) is 25.9 Å². The molecule has 2 nitrogen and oxygen atoms in total. The molecule has 0 amide bonds. The zero-order valence-corrected chi connectivity index (χ0v) is 12.4. The number of rotatable bonds is 3. The molecule has 0 saturated heterocycles. The number of fused-ring (bicyclic) bond motifs is 1. The van der Waals surface area contributed by atoms with Crippen LogP contribution in [0.3, 0.4) is 0 Å². The first-order chi connectivity index (χ1) is 10.1. The van der Waals surface area contributed by atoms with Crippen LogP contribution in [0.1, 0.15) is 27.7 Å². The van der Waals surface area contributed by atoms with Crippen LogP contribution in [0.25, 0.3) is 0 Å². The molecule has 0 bridgehead atoms. The Hall–Kier alpha value is -1.59. The van der Waals surface area contributed by atoms with Gasteiger partial charge in [-0.05, 0) is 42.5 Å². The van der Waals surface area contributed by atoms with Crippen molar-refractivity contribution in [3.63, 3.8) is 0 Å². The van der Waals surface area contributed by atoms with Gasteiger partial charge in [0, 0.05) is 24.0 Å². The fourth-order valence-corrected chi connectivity index (χ4v) is 3.57. The number of carbonyl (C=O) groups is 1. The van der Waals surface area contributed by atoms with Crippen LogP contribution in [-0.2, 0) is 13.0 Å². The summed E-state index contributed by atoms with van der Waals surface area (Å²) in [6.45, 7) is 3.26. The van der Waals surface area contributed by atoms with Crippen LogP contribution in [0.5, 0.6) is 0 Å². The number of halogens is 2. The van der Waals surface area contributed by atoms with E-state index < -0.39 is 17.7 Å². The molecule has 1 unspecified atom stereocenters. The highest BCUT2D eigenvalue weighted by atomic mass is 32.1.